The van der Waals surface area contributed by atoms with Gasteiger partial charge in [-0.1, -0.05) is 23.7 Å². The highest BCUT2D eigenvalue weighted by atomic mass is 35.5. The van der Waals surface area contributed by atoms with Gasteiger partial charge in [-0.05, 0) is 47.9 Å². The third kappa shape index (κ3) is 2.48. The lowest BCUT2D eigenvalue weighted by atomic mass is 10.0. The van der Waals surface area contributed by atoms with Crippen LogP contribution in [0.25, 0.3) is 11.1 Å². The highest BCUT2D eigenvalue weighted by molar-refractivity contribution is 6.31. The zero-order chi connectivity index (χ0) is 12.4. The van der Waals surface area contributed by atoms with Gasteiger partial charge in [0.2, 0.25) is 0 Å². The molecule has 0 aliphatic carbocycles. The number of benzene rings is 2. The van der Waals surface area contributed by atoms with Crippen LogP contribution in [0.1, 0.15) is 15.9 Å². The van der Waals surface area contributed by atoms with E-state index in [-0.39, 0.29) is 11.3 Å². The van der Waals surface area contributed by atoms with E-state index >= 15 is 0 Å². The van der Waals surface area contributed by atoms with Crippen LogP contribution in [-0.4, -0.2) is 11.4 Å². The average Bonchev–Trinajstić information content (AvgIpc) is 2.28. The van der Waals surface area contributed by atoms with E-state index in [0.717, 1.165) is 16.7 Å². The maximum Gasteiger partial charge on any atom is 0.153 e. The summed E-state index contributed by atoms with van der Waals surface area (Å²) in [6.07, 6.45) is 0.635. The molecule has 2 aromatic rings. The summed E-state index contributed by atoms with van der Waals surface area (Å²) in [4.78, 5) is 10.8. The van der Waals surface area contributed by atoms with Crippen LogP contribution >= 0.6 is 11.6 Å². The Labute approximate surface area is 104 Å². The topological polar surface area (TPSA) is 37.3 Å². The van der Waals surface area contributed by atoms with Crippen molar-refractivity contribution in [2.24, 2.45) is 0 Å². The normalized spacial score (nSPS) is 10.2. The van der Waals surface area contributed by atoms with E-state index in [0.29, 0.717) is 11.3 Å². The number of carbonyl (C=O) groups excluding carboxylic acids is 1. The van der Waals surface area contributed by atoms with Crippen LogP contribution in [0.5, 0.6) is 5.75 Å². The second-order valence-corrected chi connectivity index (χ2v) is 4.35. The molecule has 17 heavy (non-hydrogen) atoms. The molecule has 0 unspecified atom stereocenters. The summed E-state index contributed by atoms with van der Waals surface area (Å²) in [5.74, 6) is -0.0116. The molecule has 2 aromatic carbocycles. The van der Waals surface area contributed by atoms with E-state index < -0.39 is 0 Å². The molecule has 3 heteroatoms. The van der Waals surface area contributed by atoms with Crippen LogP contribution in [0.4, 0.5) is 0 Å². The Morgan fingerprint density at radius 1 is 1.12 bits per heavy atom. The molecule has 0 spiro atoms. The number of phenols is 1. The van der Waals surface area contributed by atoms with Crippen molar-refractivity contribution in [2.45, 2.75) is 6.92 Å². The molecule has 2 rings (SSSR count). The molecule has 0 fully saturated rings. The number of phenolic OH excluding ortho intramolecular Hbond substituents is 1. The Morgan fingerprint density at radius 2 is 1.88 bits per heavy atom. The largest absolute Gasteiger partial charge is 0.507 e. The van der Waals surface area contributed by atoms with E-state index in [1.807, 2.05) is 25.1 Å². The summed E-state index contributed by atoms with van der Waals surface area (Å²) in [6.45, 7) is 1.95. The Balaban J connectivity index is 2.56. The average molecular weight is 247 g/mol. The van der Waals surface area contributed by atoms with Crippen molar-refractivity contribution in [3.8, 4) is 16.9 Å². The maximum atomic E-state index is 10.8. The number of aromatic hydroxyl groups is 1. The van der Waals surface area contributed by atoms with Crippen molar-refractivity contribution in [1.29, 1.82) is 0 Å². The standard InChI is InChI=1S/C14H11ClO2/c1-9-4-11(7-13(15)5-9)10-2-3-14(17)12(6-10)8-16/h2-8,17H,1H3. The minimum atomic E-state index is -0.0116. The lowest BCUT2D eigenvalue weighted by Crippen LogP contribution is -1.85. The first-order valence-electron chi connectivity index (χ1n) is 5.16. The highest BCUT2D eigenvalue weighted by Gasteiger charge is 2.05. The zero-order valence-corrected chi connectivity index (χ0v) is 10.0. The molecule has 0 bridgehead atoms. The summed E-state index contributed by atoms with van der Waals surface area (Å²) < 4.78 is 0. The number of halogens is 1. The van der Waals surface area contributed by atoms with Crippen molar-refractivity contribution in [1.82, 2.24) is 0 Å². The van der Waals surface area contributed by atoms with Gasteiger partial charge in [-0.25, -0.2) is 0 Å². The summed E-state index contributed by atoms with van der Waals surface area (Å²) in [6, 6.07) is 10.6. The zero-order valence-electron chi connectivity index (χ0n) is 9.27. The molecule has 0 saturated carbocycles. The van der Waals surface area contributed by atoms with E-state index in [1.54, 1.807) is 12.1 Å². The molecular formula is C14H11ClO2. The van der Waals surface area contributed by atoms with Crippen molar-refractivity contribution in [2.75, 3.05) is 0 Å². The number of aryl methyl sites for hydroxylation is 1. The van der Waals surface area contributed by atoms with Gasteiger partial charge in [0.05, 0.1) is 5.56 Å². The molecule has 0 heterocycles. The molecular weight excluding hydrogens is 236 g/mol. The van der Waals surface area contributed by atoms with Crippen molar-refractivity contribution in [3.63, 3.8) is 0 Å². The molecule has 0 amide bonds. The van der Waals surface area contributed by atoms with Gasteiger partial charge in [0, 0.05) is 5.02 Å². The quantitative estimate of drug-likeness (QED) is 0.818. The smallest absolute Gasteiger partial charge is 0.153 e. The lowest BCUT2D eigenvalue weighted by molar-refractivity contribution is 0.112. The number of hydrogen-bond acceptors (Lipinski definition) is 2. The predicted octanol–water partition coefficient (Wildman–Crippen LogP) is 3.83. The first kappa shape index (κ1) is 11.7. The Bertz CT molecular complexity index is 556. The second kappa shape index (κ2) is 4.60. The number of rotatable bonds is 2. The van der Waals surface area contributed by atoms with Gasteiger partial charge in [0.15, 0.2) is 6.29 Å². The third-order valence-electron chi connectivity index (χ3n) is 2.53. The van der Waals surface area contributed by atoms with E-state index in [2.05, 4.69) is 0 Å². The fourth-order valence-corrected chi connectivity index (χ4v) is 2.02. The number of hydrogen-bond donors (Lipinski definition) is 1. The Morgan fingerprint density at radius 3 is 2.53 bits per heavy atom. The van der Waals surface area contributed by atoms with Crippen LogP contribution in [0, 0.1) is 6.92 Å². The number of carbonyl (C=O) groups is 1. The minimum Gasteiger partial charge on any atom is -0.507 e. The van der Waals surface area contributed by atoms with Crippen LogP contribution in [0.15, 0.2) is 36.4 Å². The molecule has 0 aliphatic heterocycles. The van der Waals surface area contributed by atoms with Crippen LogP contribution in [0.2, 0.25) is 5.02 Å². The van der Waals surface area contributed by atoms with Gasteiger partial charge < -0.3 is 5.11 Å². The van der Waals surface area contributed by atoms with Gasteiger partial charge in [-0.15, -0.1) is 0 Å². The van der Waals surface area contributed by atoms with Gasteiger partial charge in [0.1, 0.15) is 5.75 Å². The lowest BCUT2D eigenvalue weighted by Gasteiger charge is -2.06. The molecule has 0 radical (unpaired) electrons. The SMILES string of the molecule is Cc1cc(Cl)cc(-c2ccc(O)c(C=O)c2)c1. The van der Waals surface area contributed by atoms with E-state index in [9.17, 15) is 9.90 Å². The Kier molecular flexibility index (Phi) is 3.16. The summed E-state index contributed by atoms with van der Waals surface area (Å²) in [7, 11) is 0. The summed E-state index contributed by atoms with van der Waals surface area (Å²) in [5.41, 5.74) is 3.11. The fourth-order valence-electron chi connectivity index (χ4n) is 1.73. The maximum absolute atomic E-state index is 10.8. The highest BCUT2D eigenvalue weighted by Crippen LogP contribution is 2.28. The predicted molar refractivity (Wildman–Crippen MR) is 68.7 cm³/mol. The molecule has 0 saturated heterocycles. The second-order valence-electron chi connectivity index (χ2n) is 3.91. The summed E-state index contributed by atoms with van der Waals surface area (Å²) >= 11 is 5.99. The van der Waals surface area contributed by atoms with Gasteiger partial charge in [-0.2, -0.15) is 0 Å². The third-order valence-corrected chi connectivity index (χ3v) is 2.75. The number of aldehydes is 1. The van der Waals surface area contributed by atoms with Gasteiger partial charge in [-0.3, -0.25) is 4.79 Å². The van der Waals surface area contributed by atoms with Crippen LogP contribution in [-0.2, 0) is 0 Å². The first-order chi connectivity index (χ1) is 8.10. The molecule has 1 N–H and O–H groups in total. The minimum absolute atomic E-state index is 0.0116. The van der Waals surface area contributed by atoms with Crippen molar-refractivity contribution >= 4 is 17.9 Å². The molecule has 0 aromatic heterocycles. The van der Waals surface area contributed by atoms with Crippen LogP contribution < -0.4 is 0 Å². The van der Waals surface area contributed by atoms with E-state index in [1.165, 1.54) is 6.07 Å². The van der Waals surface area contributed by atoms with Crippen LogP contribution in [0.3, 0.4) is 0 Å². The monoisotopic (exact) mass is 246 g/mol. The van der Waals surface area contributed by atoms with Gasteiger partial charge >= 0.3 is 0 Å². The fraction of sp³-hybridized carbons (Fsp3) is 0.0714. The van der Waals surface area contributed by atoms with E-state index in [4.69, 9.17) is 11.6 Å². The van der Waals surface area contributed by atoms with Gasteiger partial charge in [0.25, 0.3) is 0 Å². The van der Waals surface area contributed by atoms with Crippen molar-refractivity contribution < 1.29 is 9.90 Å². The molecule has 0 atom stereocenters. The van der Waals surface area contributed by atoms with Crippen molar-refractivity contribution in [3.05, 3.63) is 52.5 Å². The first-order valence-corrected chi connectivity index (χ1v) is 5.54. The Hall–Kier alpha value is -1.80. The molecule has 0 aliphatic rings. The molecule has 86 valence electrons. The molecule has 2 nitrogen and oxygen atoms in total. The summed E-state index contributed by atoms with van der Waals surface area (Å²) in [5, 5.41) is 10.1.